The lowest BCUT2D eigenvalue weighted by molar-refractivity contribution is 0.102. The molecule has 0 aliphatic carbocycles. The fraction of sp³-hybridized carbons (Fsp3) is 0.211. The SMILES string of the molecule is COc1cc(OC)cc(C(=O)Nc2nnc(SCc3cccc(C)c3)s2)c1. The van der Waals surface area contributed by atoms with E-state index in [9.17, 15) is 4.79 Å². The van der Waals surface area contributed by atoms with E-state index in [1.807, 2.05) is 6.07 Å². The van der Waals surface area contributed by atoms with Gasteiger partial charge in [-0.25, -0.2) is 0 Å². The van der Waals surface area contributed by atoms with Crippen LogP contribution in [0.1, 0.15) is 21.5 Å². The molecule has 8 heteroatoms. The molecule has 0 aliphatic rings. The standard InChI is InChI=1S/C19H19N3O3S2/c1-12-5-4-6-13(7-12)11-26-19-22-21-18(27-19)20-17(23)14-8-15(24-2)10-16(9-14)25-3/h4-10H,11H2,1-3H3,(H,20,21,23). The summed E-state index contributed by atoms with van der Waals surface area (Å²) in [5.41, 5.74) is 2.88. The van der Waals surface area contributed by atoms with E-state index in [4.69, 9.17) is 9.47 Å². The number of nitrogens with zero attached hydrogens (tertiary/aromatic N) is 2. The monoisotopic (exact) mass is 401 g/mol. The molecule has 0 saturated carbocycles. The number of carbonyl (C=O) groups is 1. The molecule has 27 heavy (non-hydrogen) atoms. The van der Waals surface area contributed by atoms with Crippen molar-refractivity contribution in [2.75, 3.05) is 19.5 Å². The molecule has 6 nitrogen and oxygen atoms in total. The van der Waals surface area contributed by atoms with E-state index in [0.29, 0.717) is 22.2 Å². The average molecular weight is 402 g/mol. The lowest BCUT2D eigenvalue weighted by atomic mass is 10.2. The van der Waals surface area contributed by atoms with Gasteiger partial charge in [0.2, 0.25) is 5.13 Å². The van der Waals surface area contributed by atoms with E-state index in [2.05, 4.69) is 40.6 Å². The Hall–Kier alpha value is -2.58. The molecule has 140 valence electrons. The van der Waals surface area contributed by atoms with Gasteiger partial charge in [-0.05, 0) is 24.6 Å². The Morgan fingerprint density at radius 2 is 1.85 bits per heavy atom. The summed E-state index contributed by atoms with van der Waals surface area (Å²) >= 11 is 2.94. The molecule has 1 N–H and O–H groups in total. The molecule has 1 aromatic heterocycles. The Kier molecular flexibility index (Phi) is 6.31. The maximum atomic E-state index is 12.5. The van der Waals surface area contributed by atoms with E-state index in [0.717, 1.165) is 10.1 Å². The van der Waals surface area contributed by atoms with E-state index >= 15 is 0 Å². The minimum Gasteiger partial charge on any atom is -0.497 e. The van der Waals surface area contributed by atoms with E-state index in [1.54, 1.807) is 44.2 Å². The minimum absolute atomic E-state index is 0.293. The van der Waals surface area contributed by atoms with Crippen LogP contribution in [0.5, 0.6) is 11.5 Å². The lowest BCUT2D eigenvalue weighted by Gasteiger charge is -2.07. The number of benzene rings is 2. The number of aryl methyl sites for hydroxylation is 1. The van der Waals surface area contributed by atoms with Crippen LogP contribution in [0.25, 0.3) is 0 Å². The first-order valence-corrected chi connectivity index (χ1v) is 9.94. The first kappa shape index (κ1) is 19.2. The number of aromatic nitrogens is 2. The van der Waals surface area contributed by atoms with Crippen LogP contribution in [0.3, 0.4) is 0 Å². The highest BCUT2D eigenvalue weighted by molar-refractivity contribution is 8.00. The summed E-state index contributed by atoms with van der Waals surface area (Å²) < 4.78 is 11.2. The topological polar surface area (TPSA) is 73.3 Å². The summed E-state index contributed by atoms with van der Waals surface area (Å²) in [7, 11) is 3.08. The number of amides is 1. The molecular weight excluding hydrogens is 382 g/mol. The number of carbonyl (C=O) groups excluding carboxylic acids is 1. The zero-order valence-corrected chi connectivity index (χ0v) is 16.8. The van der Waals surface area contributed by atoms with Gasteiger partial charge in [-0.15, -0.1) is 10.2 Å². The van der Waals surface area contributed by atoms with Gasteiger partial charge in [0, 0.05) is 17.4 Å². The van der Waals surface area contributed by atoms with E-state index in [-0.39, 0.29) is 5.91 Å². The minimum atomic E-state index is -0.293. The number of hydrogen-bond acceptors (Lipinski definition) is 7. The quantitative estimate of drug-likeness (QED) is 0.467. The number of thioether (sulfide) groups is 1. The van der Waals surface area contributed by atoms with E-state index in [1.165, 1.54) is 22.5 Å². The van der Waals surface area contributed by atoms with Crippen molar-refractivity contribution in [2.45, 2.75) is 17.0 Å². The molecular formula is C19H19N3O3S2. The average Bonchev–Trinajstić information content (AvgIpc) is 3.13. The Balaban J connectivity index is 1.64. The molecule has 0 fully saturated rings. The molecule has 2 aromatic carbocycles. The maximum Gasteiger partial charge on any atom is 0.257 e. The number of nitrogens with one attached hydrogen (secondary N) is 1. The molecule has 0 spiro atoms. The van der Waals surface area contributed by atoms with Crippen molar-refractivity contribution >= 4 is 34.1 Å². The van der Waals surface area contributed by atoms with Crippen LogP contribution < -0.4 is 14.8 Å². The summed E-state index contributed by atoms with van der Waals surface area (Å²) in [6.07, 6.45) is 0. The van der Waals surface area contributed by atoms with Crippen LogP contribution >= 0.6 is 23.1 Å². The van der Waals surface area contributed by atoms with Crippen LogP contribution in [0.15, 0.2) is 46.8 Å². The molecule has 0 saturated heterocycles. The van der Waals surface area contributed by atoms with Gasteiger partial charge in [0.15, 0.2) is 4.34 Å². The Bertz CT molecular complexity index is 921. The first-order valence-electron chi connectivity index (χ1n) is 8.13. The second-order valence-electron chi connectivity index (χ2n) is 5.71. The zero-order valence-electron chi connectivity index (χ0n) is 15.2. The summed E-state index contributed by atoms with van der Waals surface area (Å²) in [5.74, 6) is 1.60. The Morgan fingerprint density at radius 1 is 1.11 bits per heavy atom. The van der Waals surface area contributed by atoms with Crippen molar-refractivity contribution in [1.29, 1.82) is 0 Å². The third-order valence-electron chi connectivity index (χ3n) is 3.69. The molecule has 0 unspecified atom stereocenters. The molecule has 1 amide bonds. The van der Waals surface area contributed by atoms with Crippen molar-refractivity contribution in [3.63, 3.8) is 0 Å². The van der Waals surface area contributed by atoms with Crippen molar-refractivity contribution < 1.29 is 14.3 Å². The third kappa shape index (κ3) is 5.21. The number of rotatable bonds is 7. The van der Waals surface area contributed by atoms with Crippen LogP contribution in [0.4, 0.5) is 5.13 Å². The largest absolute Gasteiger partial charge is 0.497 e. The van der Waals surface area contributed by atoms with Gasteiger partial charge < -0.3 is 9.47 Å². The fourth-order valence-electron chi connectivity index (χ4n) is 2.37. The number of methoxy groups -OCH3 is 2. The predicted molar refractivity (Wildman–Crippen MR) is 108 cm³/mol. The summed E-state index contributed by atoms with van der Waals surface area (Å²) in [4.78, 5) is 12.5. The van der Waals surface area contributed by atoms with Gasteiger partial charge in [-0.1, -0.05) is 52.9 Å². The normalized spacial score (nSPS) is 10.5. The van der Waals surface area contributed by atoms with Gasteiger partial charge in [-0.2, -0.15) is 0 Å². The van der Waals surface area contributed by atoms with Gasteiger partial charge in [0.25, 0.3) is 5.91 Å². The van der Waals surface area contributed by atoms with Crippen LogP contribution in [0, 0.1) is 6.92 Å². The van der Waals surface area contributed by atoms with Gasteiger partial charge in [0.05, 0.1) is 14.2 Å². The fourth-order valence-corrected chi connectivity index (χ4v) is 4.06. The molecule has 1 heterocycles. The number of hydrogen-bond donors (Lipinski definition) is 1. The second kappa shape index (κ2) is 8.88. The van der Waals surface area contributed by atoms with Crippen molar-refractivity contribution in [3.8, 4) is 11.5 Å². The highest BCUT2D eigenvalue weighted by Crippen LogP contribution is 2.29. The third-order valence-corrected chi connectivity index (χ3v) is 5.73. The van der Waals surface area contributed by atoms with Crippen molar-refractivity contribution in [3.05, 3.63) is 59.2 Å². The van der Waals surface area contributed by atoms with Crippen molar-refractivity contribution in [2.24, 2.45) is 0 Å². The lowest BCUT2D eigenvalue weighted by Crippen LogP contribution is -2.12. The Labute approximate surface area is 165 Å². The van der Waals surface area contributed by atoms with Crippen molar-refractivity contribution in [1.82, 2.24) is 10.2 Å². The molecule has 0 bridgehead atoms. The van der Waals surface area contributed by atoms with Gasteiger partial charge in [-0.3, -0.25) is 10.1 Å². The maximum absolute atomic E-state index is 12.5. The smallest absolute Gasteiger partial charge is 0.257 e. The second-order valence-corrected chi connectivity index (χ2v) is 7.91. The van der Waals surface area contributed by atoms with Gasteiger partial charge in [0.1, 0.15) is 11.5 Å². The molecule has 0 radical (unpaired) electrons. The van der Waals surface area contributed by atoms with Crippen LogP contribution in [-0.4, -0.2) is 30.3 Å². The van der Waals surface area contributed by atoms with Crippen LogP contribution in [0.2, 0.25) is 0 Å². The predicted octanol–water partition coefficient (Wildman–Crippen LogP) is 4.41. The van der Waals surface area contributed by atoms with E-state index < -0.39 is 0 Å². The number of ether oxygens (including phenoxy) is 2. The molecule has 0 aliphatic heterocycles. The molecule has 3 rings (SSSR count). The molecule has 3 aromatic rings. The molecule has 0 atom stereocenters. The van der Waals surface area contributed by atoms with Gasteiger partial charge >= 0.3 is 0 Å². The Morgan fingerprint density at radius 3 is 2.52 bits per heavy atom. The highest BCUT2D eigenvalue weighted by atomic mass is 32.2. The first-order chi connectivity index (χ1) is 13.1. The summed E-state index contributed by atoms with van der Waals surface area (Å²) in [6, 6.07) is 13.3. The van der Waals surface area contributed by atoms with Crippen LogP contribution in [-0.2, 0) is 5.75 Å². The summed E-state index contributed by atoms with van der Waals surface area (Å²) in [6.45, 7) is 2.07. The zero-order chi connectivity index (χ0) is 19.2. The highest BCUT2D eigenvalue weighted by Gasteiger charge is 2.13. The summed E-state index contributed by atoms with van der Waals surface area (Å²) in [5, 5.41) is 11.4. The number of anilines is 1.